The number of benzene rings is 2. The average molecular weight is 324 g/mol. The Balaban J connectivity index is 1.46. The minimum absolute atomic E-state index is 0.600. The normalized spacial score (nSPS) is 27.1. The summed E-state index contributed by atoms with van der Waals surface area (Å²) in [6.45, 7) is 0. The highest BCUT2D eigenvalue weighted by molar-refractivity contribution is 5.23. The SMILES string of the molecule is OC1(CCCCc2ccccc2)CCC(O)(c2ccccc2)CC1. The highest BCUT2D eigenvalue weighted by Crippen LogP contribution is 2.43. The van der Waals surface area contributed by atoms with Gasteiger partial charge in [-0.05, 0) is 56.1 Å². The van der Waals surface area contributed by atoms with Crippen molar-refractivity contribution in [2.75, 3.05) is 0 Å². The summed E-state index contributed by atoms with van der Waals surface area (Å²) in [4.78, 5) is 0. The van der Waals surface area contributed by atoms with E-state index in [1.807, 2.05) is 36.4 Å². The van der Waals surface area contributed by atoms with Crippen LogP contribution in [-0.2, 0) is 12.0 Å². The molecule has 0 heterocycles. The maximum Gasteiger partial charge on any atom is 0.0898 e. The van der Waals surface area contributed by atoms with Crippen LogP contribution in [0, 0.1) is 0 Å². The van der Waals surface area contributed by atoms with Gasteiger partial charge < -0.3 is 10.2 Å². The van der Waals surface area contributed by atoms with E-state index < -0.39 is 11.2 Å². The van der Waals surface area contributed by atoms with Crippen LogP contribution in [-0.4, -0.2) is 15.8 Å². The van der Waals surface area contributed by atoms with Gasteiger partial charge in [0.1, 0.15) is 0 Å². The van der Waals surface area contributed by atoms with Gasteiger partial charge in [0.05, 0.1) is 11.2 Å². The van der Waals surface area contributed by atoms with Crippen molar-refractivity contribution in [3.05, 3.63) is 71.8 Å². The van der Waals surface area contributed by atoms with Crippen LogP contribution in [0.15, 0.2) is 60.7 Å². The van der Waals surface area contributed by atoms with E-state index in [9.17, 15) is 10.2 Å². The minimum Gasteiger partial charge on any atom is -0.390 e. The molecule has 0 saturated heterocycles. The molecule has 128 valence electrons. The summed E-state index contributed by atoms with van der Waals surface area (Å²) in [6.07, 6.45) is 6.71. The first-order valence-corrected chi connectivity index (χ1v) is 9.14. The zero-order chi connectivity index (χ0) is 16.9. The van der Waals surface area contributed by atoms with Crippen molar-refractivity contribution in [2.45, 2.75) is 62.6 Å². The highest BCUT2D eigenvalue weighted by atomic mass is 16.3. The number of hydrogen-bond donors (Lipinski definition) is 2. The summed E-state index contributed by atoms with van der Waals surface area (Å²) in [5.41, 5.74) is 0.984. The molecule has 2 N–H and O–H groups in total. The van der Waals surface area contributed by atoms with Crippen LogP contribution >= 0.6 is 0 Å². The summed E-state index contributed by atoms with van der Waals surface area (Å²) in [7, 11) is 0. The largest absolute Gasteiger partial charge is 0.390 e. The first-order chi connectivity index (χ1) is 11.6. The van der Waals surface area contributed by atoms with Crippen molar-refractivity contribution >= 4 is 0 Å². The van der Waals surface area contributed by atoms with Crippen molar-refractivity contribution in [1.82, 2.24) is 0 Å². The highest BCUT2D eigenvalue weighted by Gasteiger charge is 2.40. The lowest BCUT2D eigenvalue weighted by atomic mass is 9.71. The van der Waals surface area contributed by atoms with Crippen molar-refractivity contribution in [3.63, 3.8) is 0 Å². The Morgan fingerprint density at radius 2 is 1.29 bits per heavy atom. The molecule has 0 bridgehead atoms. The molecule has 2 nitrogen and oxygen atoms in total. The Kier molecular flexibility index (Phi) is 5.37. The third-order valence-corrected chi connectivity index (χ3v) is 5.52. The number of hydrogen-bond acceptors (Lipinski definition) is 2. The summed E-state index contributed by atoms with van der Waals surface area (Å²) < 4.78 is 0. The van der Waals surface area contributed by atoms with Gasteiger partial charge in [-0.1, -0.05) is 67.1 Å². The molecule has 1 fully saturated rings. The van der Waals surface area contributed by atoms with Gasteiger partial charge in [0.15, 0.2) is 0 Å². The molecule has 0 aliphatic heterocycles. The van der Waals surface area contributed by atoms with Gasteiger partial charge in [-0.15, -0.1) is 0 Å². The van der Waals surface area contributed by atoms with Gasteiger partial charge in [0, 0.05) is 0 Å². The van der Waals surface area contributed by atoms with Crippen LogP contribution in [0.25, 0.3) is 0 Å². The van der Waals surface area contributed by atoms with Gasteiger partial charge in [0.2, 0.25) is 0 Å². The molecular formula is C22H28O2. The van der Waals surface area contributed by atoms with Crippen LogP contribution in [0.5, 0.6) is 0 Å². The van der Waals surface area contributed by atoms with E-state index in [0.29, 0.717) is 25.7 Å². The van der Waals surface area contributed by atoms with Crippen molar-refractivity contribution in [3.8, 4) is 0 Å². The molecule has 0 radical (unpaired) electrons. The second kappa shape index (κ2) is 7.50. The fourth-order valence-electron chi connectivity index (χ4n) is 3.84. The fraction of sp³-hybridized carbons (Fsp3) is 0.455. The Morgan fingerprint density at radius 3 is 1.92 bits per heavy atom. The van der Waals surface area contributed by atoms with E-state index in [0.717, 1.165) is 31.2 Å². The summed E-state index contributed by atoms with van der Waals surface area (Å²) in [6, 6.07) is 20.4. The molecule has 24 heavy (non-hydrogen) atoms. The van der Waals surface area contributed by atoms with Crippen molar-refractivity contribution in [1.29, 1.82) is 0 Å². The molecule has 2 heteroatoms. The van der Waals surface area contributed by atoms with Gasteiger partial charge in [-0.3, -0.25) is 0 Å². The number of unbranched alkanes of at least 4 members (excludes halogenated alkanes) is 1. The predicted octanol–water partition coefficient (Wildman–Crippen LogP) is 4.59. The van der Waals surface area contributed by atoms with Crippen LogP contribution in [0.2, 0.25) is 0 Å². The lowest BCUT2D eigenvalue weighted by Crippen LogP contribution is -2.41. The lowest BCUT2D eigenvalue weighted by Gasteiger charge is -2.41. The molecule has 0 spiro atoms. The Bertz CT molecular complexity index is 613. The molecular weight excluding hydrogens is 296 g/mol. The Morgan fingerprint density at radius 1 is 0.708 bits per heavy atom. The fourth-order valence-corrected chi connectivity index (χ4v) is 3.84. The summed E-state index contributed by atoms with van der Waals surface area (Å²) in [5, 5.41) is 21.7. The van der Waals surface area contributed by atoms with Crippen LogP contribution < -0.4 is 0 Å². The van der Waals surface area contributed by atoms with Crippen molar-refractivity contribution in [2.24, 2.45) is 0 Å². The van der Waals surface area contributed by atoms with Gasteiger partial charge in [-0.25, -0.2) is 0 Å². The minimum atomic E-state index is -0.766. The second-order valence-corrected chi connectivity index (χ2v) is 7.31. The first-order valence-electron chi connectivity index (χ1n) is 9.14. The van der Waals surface area contributed by atoms with Gasteiger partial charge >= 0.3 is 0 Å². The monoisotopic (exact) mass is 324 g/mol. The molecule has 0 amide bonds. The molecule has 1 aliphatic rings. The number of aliphatic hydroxyl groups is 2. The van der Waals surface area contributed by atoms with E-state index in [1.54, 1.807) is 0 Å². The Hall–Kier alpha value is -1.64. The molecule has 0 aromatic heterocycles. The predicted molar refractivity (Wildman–Crippen MR) is 97.8 cm³/mol. The van der Waals surface area contributed by atoms with Crippen LogP contribution in [0.3, 0.4) is 0 Å². The zero-order valence-corrected chi connectivity index (χ0v) is 14.3. The van der Waals surface area contributed by atoms with E-state index in [4.69, 9.17) is 0 Å². The van der Waals surface area contributed by atoms with E-state index in [-0.39, 0.29) is 0 Å². The summed E-state index contributed by atoms with van der Waals surface area (Å²) in [5.74, 6) is 0. The smallest absolute Gasteiger partial charge is 0.0898 e. The van der Waals surface area contributed by atoms with Gasteiger partial charge in [0.25, 0.3) is 0 Å². The summed E-state index contributed by atoms with van der Waals surface area (Å²) >= 11 is 0. The van der Waals surface area contributed by atoms with E-state index in [1.165, 1.54) is 5.56 Å². The Labute approximate surface area is 145 Å². The van der Waals surface area contributed by atoms with E-state index >= 15 is 0 Å². The lowest BCUT2D eigenvalue weighted by molar-refractivity contribution is -0.0886. The van der Waals surface area contributed by atoms with Crippen molar-refractivity contribution < 1.29 is 10.2 Å². The van der Waals surface area contributed by atoms with E-state index in [2.05, 4.69) is 24.3 Å². The number of rotatable bonds is 6. The van der Waals surface area contributed by atoms with Gasteiger partial charge in [-0.2, -0.15) is 0 Å². The van der Waals surface area contributed by atoms with Crippen LogP contribution in [0.1, 0.15) is 56.1 Å². The molecule has 0 atom stereocenters. The maximum atomic E-state index is 10.9. The molecule has 3 rings (SSSR count). The first kappa shape index (κ1) is 17.2. The zero-order valence-electron chi connectivity index (χ0n) is 14.3. The third kappa shape index (κ3) is 4.25. The number of aryl methyl sites for hydroxylation is 1. The topological polar surface area (TPSA) is 40.5 Å². The standard InChI is InChI=1S/C22H28O2/c23-21(14-8-7-11-19-9-3-1-4-10-19)15-17-22(24,18-16-21)20-12-5-2-6-13-20/h1-6,9-10,12-13,23-24H,7-8,11,14-18H2. The third-order valence-electron chi connectivity index (χ3n) is 5.52. The maximum absolute atomic E-state index is 10.9. The molecule has 1 saturated carbocycles. The molecule has 2 aromatic carbocycles. The quantitative estimate of drug-likeness (QED) is 0.763. The average Bonchev–Trinajstić information content (AvgIpc) is 2.64. The molecule has 0 unspecified atom stereocenters. The van der Waals surface area contributed by atoms with Crippen LogP contribution in [0.4, 0.5) is 0 Å². The molecule has 2 aromatic rings. The second-order valence-electron chi connectivity index (χ2n) is 7.31. The molecule has 1 aliphatic carbocycles.